The van der Waals surface area contributed by atoms with Crippen LogP contribution in [0.1, 0.15) is 18.4 Å². The molecule has 2 fully saturated rings. The minimum Gasteiger partial charge on any atom is -0.497 e. The first kappa shape index (κ1) is 12.5. The second-order valence-electron chi connectivity index (χ2n) is 5.54. The summed E-state index contributed by atoms with van der Waals surface area (Å²) in [5, 5.41) is 3.32. The van der Waals surface area contributed by atoms with Crippen LogP contribution in [0.2, 0.25) is 0 Å². The van der Waals surface area contributed by atoms with E-state index in [1.165, 1.54) is 0 Å². The first-order valence-corrected chi connectivity index (χ1v) is 6.87. The van der Waals surface area contributed by atoms with Crippen molar-refractivity contribution in [3.05, 3.63) is 29.8 Å². The molecule has 0 bridgehead atoms. The summed E-state index contributed by atoms with van der Waals surface area (Å²) in [4.78, 5) is 14.5. The lowest BCUT2D eigenvalue weighted by Crippen LogP contribution is -2.35. The highest BCUT2D eigenvalue weighted by molar-refractivity contribution is 5.85. The summed E-state index contributed by atoms with van der Waals surface area (Å²) in [5.41, 5.74) is 1.02. The van der Waals surface area contributed by atoms with E-state index in [-0.39, 0.29) is 5.41 Å². The van der Waals surface area contributed by atoms with Gasteiger partial charge in [-0.25, -0.2) is 0 Å². The number of carbonyl (C=O) groups excluding carboxylic acids is 1. The maximum atomic E-state index is 12.5. The van der Waals surface area contributed by atoms with Crippen molar-refractivity contribution in [2.24, 2.45) is 5.41 Å². The average Bonchev–Trinajstić information content (AvgIpc) is 3.03. The molecule has 1 amide bonds. The molecule has 19 heavy (non-hydrogen) atoms. The molecule has 1 N–H and O–H groups in total. The summed E-state index contributed by atoms with van der Waals surface area (Å²) in [7, 11) is 1.67. The molecular formula is C15H20N2O2. The lowest BCUT2D eigenvalue weighted by molar-refractivity contribution is -0.135. The molecule has 0 aliphatic carbocycles. The van der Waals surface area contributed by atoms with Crippen LogP contribution in [0.4, 0.5) is 0 Å². The van der Waals surface area contributed by atoms with Gasteiger partial charge in [0.05, 0.1) is 12.5 Å². The third kappa shape index (κ3) is 2.21. The summed E-state index contributed by atoms with van der Waals surface area (Å²) in [6, 6.07) is 7.96. The SMILES string of the molecule is COc1cccc(CN2CC[C@]3(CCNC3)C2=O)c1. The number of amides is 1. The summed E-state index contributed by atoms with van der Waals surface area (Å²) in [6.07, 6.45) is 1.98. The minimum absolute atomic E-state index is 0.112. The van der Waals surface area contributed by atoms with Gasteiger partial charge in [-0.05, 0) is 37.1 Å². The molecule has 4 heteroatoms. The van der Waals surface area contributed by atoms with Gasteiger partial charge < -0.3 is 15.0 Å². The highest BCUT2D eigenvalue weighted by Gasteiger charge is 2.47. The van der Waals surface area contributed by atoms with Crippen molar-refractivity contribution in [3.8, 4) is 5.75 Å². The highest BCUT2D eigenvalue weighted by Crippen LogP contribution is 2.38. The van der Waals surface area contributed by atoms with E-state index in [1.807, 2.05) is 29.2 Å². The number of nitrogens with zero attached hydrogens (tertiary/aromatic N) is 1. The lowest BCUT2D eigenvalue weighted by Gasteiger charge is -2.22. The van der Waals surface area contributed by atoms with Crippen molar-refractivity contribution < 1.29 is 9.53 Å². The van der Waals surface area contributed by atoms with Crippen LogP contribution in [0.25, 0.3) is 0 Å². The first-order valence-electron chi connectivity index (χ1n) is 6.87. The van der Waals surface area contributed by atoms with Crippen LogP contribution in [0.15, 0.2) is 24.3 Å². The number of carbonyl (C=O) groups is 1. The predicted octanol–water partition coefficient (Wildman–Crippen LogP) is 1.41. The quantitative estimate of drug-likeness (QED) is 0.893. The molecule has 1 atom stereocenters. The Hall–Kier alpha value is -1.55. The van der Waals surface area contributed by atoms with Gasteiger partial charge in [0.15, 0.2) is 0 Å². The van der Waals surface area contributed by atoms with Gasteiger partial charge in [0, 0.05) is 19.6 Å². The molecular weight excluding hydrogens is 240 g/mol. The van der Waals surface area contributed by atoms with E-state index in [4.69, 9.17) is 4.74 Å². The molecule has 2 aliphatic rings. The van der Waals surface area contributed by atoms with Crippen molar-refractivity contribution in [2.75, 3.05) is 26.7 Å². The molecule has 1 spiro atoms. The van der Waals surface area contributed by atoms with Crippen LogP contribution in [-0.2, 0) is 11.3 Å². The lowest BCUT2D eigenvalue weighted by atomic mass is 9.86. The van der Waals surface area contributed by atoms with Gasteiger partial charge in [0.25, 0.3) is 0 Å². The second kappa shape index (κ2) is 4.85. The number of rotatable bonds is 3. The second-order valence-corrected chi connectivity index (χ2v) is 5.54. The summed E-state index contributed by atoms with van der Waals surface area (Å²) >= 11 is 0. The Morgan fingerprint density at radius 3 is 3.05 bits per heavy atom. The fourth-order valence-electron chi connectivity index (χ4n) is 3.17. The van der Waals surface area contributed by atoms with E-state index in [0.29, 0.717) is 12.5 Å². The van der Waals surface area contributed by atoms with E-state index >= 15 is 0 Å². The zero-order valence-corrected chi connectivity index (χ0v) is 11.3. The third-order valence-electron chi connectivity index (χ3n) is 4.35. The molecule has 0 unspecified atom stereocenters. The molecule has 0 saturated carbocycles. The van der Waals surface area contributed by atoms with Crippen LogP contribution in [0.5, 0.6) is 5.75 Å². The fraction of sp³-hybridized carbons (Fsp3) is 0.533. The molecule has 0 radical (unpaired) electrons. The summed E-state index contributed by atoms with van der Waals surface area (Å²) in [5.74, 6) is 1.17. The third-order valence-corrected chi connectivity index (χ3v) is 4.35. The number of hydrogen-bond donors (Lipinski definition) is 1. The van der Waals surface area contributed by atoms with Crippen molar-refractivity contribution in [1.82, 2.24) is 10.2 Å². The first-order chi connectivity index (χ1) is 9.23. The van der Waals surface area contributed by atoms with Crippen LogP contribution >= 0.6 is 0 Å². The normalized spacial score (nSPS) is 26.4. The molecule has 1 aromatic rings. The number of nitrogens with one attached hydrogen (secondary N) is 1. The fourth-order valence-corrected chi connectivity index (χ4v) is 3.17. The molecule has 0 aromatic heterocycles. The number of benzene rings is 1. The monoisotopic (exact) mass is 260 g/mol. The number of likely N-dealkylation sites (tertiary alicyclic amines) is 1. The van der Waals surface area contributed by atoms with Gasteiger partial charge in [-0.1, -0.05) is 12.1 Å². The molecule has 2 heterocycles. The Kier molecular flexibility index (Phi) is 3.19. The van der Waals surface area contributed by atoms with Crippen molar-refractivity contribution in [2.45, 2.75) is 19.4 Å². The van der Waals surface area contributed by atoms with Crippen molar-refractivity contribution >= 4 is 5.91 Å². The van der Waals surface area contributed by atoms with E-state index in [9.17, 15) is 4.79 Å². The predicted molar refractivity (Wildman–Crippen MR) is 72.9 cm³/mol. The minimum atomic E-state index is -0.112. The van der Waals surface area contributed by atoms with Crippen molar-refractivity contribution in [1.29, 1.82) is 0 Å². The highest BCUT2D eigenvalue weighted by atomic mass is 16.5. The van der Waals surface area contributed by atoms with Gasteiger partial charge in [-0.15, -0.1) is 0 Å². The van der Waals surface area contributed by atoms with Crippen molar-refractivity contribution in [3.63, 3.8) is 0 Å². The number of hydrogen-bond acceptors (Lipinski definition) is 3. The van der Waals surface area contributed by atoms with E-state index in [1.54, 1.807) is 7.11 Å². The Morgan fingerprint density at radius 1 is 1.42 bits per heavy atom. The van der Waals surface area contributed by atoms with Gasteiger partial charge in [-0.3, -0.25) is 4.79 Å². The number of ether oxygens (including phenoxy) is 1. The number of methoxy groups -OCH3 is 1. The molecule has 3 rings (SSSR count). The largest absolute Gasteiger partial charge is 0.497 e. The topological polar surface area (TPSA) is 41.6 Å². The van der Waals surface area contributed by atoms with E-state index < -0.39 is 0 Å². The maximum Gasteiger partial charge on any atom is 0.230 e. The molecule has 102 valence electrons. The molecule has 4 nitrogen and oxygen atoms in total. The molecule has 1 aromatic carbocycles. The standard InChI is InChI=1S/C15H20N2O2/c1-19-13-4-2-3-12(9-13)10-17-8-6-15(14(17)18)5-7-16-11-15/h2-4,9,16H,5-8,10-11H2,1H3/t15-/m0/s1. The Bertz CT molecular complexity index is 481. The maximum absolute atomic E-state index is 12.5. The van der Waals surface area contributed by atoms with Gasteiger partial charge in [0.1, 0.15) is 5.75 Å². The zero-order valence-electron chi connectivity index (χ0n) is 11.3. The summed E-state index contributed by atoms with van der Waals surface area (Å²) in [6.45, 7) is 3.38. The van der Waals surface area contributed by atoms with E-state index in [2.05, 4.69) is 5.32 Å². The zero-order chi connectivity index (χ0) is 13.3. The van der Waals surface area contributed by atoms with Crippen LogP contribution in [0.3, 0.4) is 0 Å². The smallest absolute Gasteiger partial charge is 0.230 e. The average molecular weight is 260 g/mol. The van der Waals surface area contributed by atoms with Crippen LogP contribution < -0.4 is 10.1 Å². The Morgan fingerprint density at radius 2 is 2.32 bits per heavy atom. The van der Waals surface area contributed by atoms with Crippen LogP contribution in [0, 0.1) is 5.41 Å². The molecule has 2 saturated heterocycles. The van der Waals surface area contributed by atoms with Gasteiger partial charge in [-0.2, -0.15) is 0 Å². The summed E-state index contributed by atoms with van der Waals surface area (Å²) < 4.78 is 5.23. The van der Waals surface area contributed by atoms with Crippen LogP contribution in [-0.4, -0.2) is 37.6 Å². The van der Waals surface area contributed by atoms with Gasteiger partial charge in [0.2, 0.25) is 5.91 Å². The Labute approximate surface area is 113 Å². The van der Waals surface area contributed by atoms with Gasteiger partial charge >= 0.3 is 0 Å². The molecule has 2 aliphatic heterocycles. The Balaban J connectivity index is 1.72. The van der Waals surface area contributed by atoms with E-state index in [0.717, 1.165) is 43.8 Å².